The molecule has 5 heteroatoms. The van der Waals surface area contributed by atoms with Crippen molar-refractivity contribution in [3.63, 3.8) is 0 Å². The number of nitrogens with one attached hydrogen (secondary N) is 1. The van der Waals surface area contributed by atoms with Gasteiger partial charge in [0.05, 0.1) is 0 Å². The Kier molecular flexibility index (Phi) is 6.00. The third-order valence-corrected chi connectivity index (χ3v) is 4.76. The summed E-state index contributed by atoms with van der Waals surface area (Å²) >= 11 is 0. The Balaban J connectivity index is 1.42. The predicted molar refractivity (Wildman–Crippen MR) is 98.2 cm³/mol. The molecule has 2 aromatic rings. The first-order chi connectivity index (χ1) is 12.6. The van der Waals surface area contributed by atoms with E-state index in [0.717, 1.165) is 18.4 Å². The number of carbonyl (C=O) groups excluding carboxylic acids is 2. The number of rotatable bonds is 5. The molecule has 0 radical (unpaired) electrons. The van der Waals surface area contributed by atoms with Gasteiger partial charge in [-0.2, -0.15) is 0 Å². The van der Waals surface area contributed by atoms with Crippen LogP contribution in [0.2, 0.25) is 0 Å². The summed E-state index contributed by atoms with van der Waals surface area (Å²) in [4.78, 5) is 26.4. The number of nitrogens with zero attached hydrogens (tertiary/aromatic N) is 1. The van der Waals surface area contributed by atoms with E-state index in [1.807, 2.05) is 23.1 Å². The Bertz CT molecular complexity index is 738. The molecule has 1 heterocycles. The summed E-state index contributed by atoms with van der Waals surface area (Å²) in [6.45, 7) is 1.31. The number of piperidine rings is 1. The molecular formula is C21H23FN2O2. The van der Waals surface area contributed by atoms with Crippen molar-refractivity contribution in [1.82, 2.24) is 10.2 Å². The maximum Gasteiger partial charge on any atom is 0.251 e. The lowest BCUT2D eigenvalue weighted by Crippen LogP contribution is -2.46. The molecule has 4 nitrogen and oxygen atoms in total. The second-order valence-electron chi connectivity index (χ2n) is 6.62. The highest BCUT2D eigenvalue weighted by Gasteiger charge is 2.23. The van der Waals surface area contributed by atoms with Gasteiger partial charge < -0.3 is 10.2 Å². The summed E-state index contributed by atoms with van der Waals surface area (Å²) in [5.41, 5.74) is 1.62. The van der Waals surface area contributed by atoms with Crippen molar-refractivity contribution in [2.45, 2.75) is 31.7 Å². The highest BCUT2D eigenvalue weighted by Crippen LogP contribution is 2.14. The average molecular weight is 354 g/mol. The van der Waals surface area contributed by atoms with E-state index in [1.54, 1.807) is 24.3 Å². The van der Waals surface area contributed by atoms with Gasteiger partial charge in [0.2, 0.25) is 5.91 Å². The van der Waals surface area contributed by atoms with Gasteiger partial charge in [-0.3, -0.25) is 9.59 Å². The predicted octanol–water partition coefficient (Wildman–Crippen LogP) is 3.18. The lowest BCUT2D eigenvalue weighted by atomic mass is 10.0. The van der Waals surface area contributed by atoms with Gasteiger partial charge in [-0.1, -0.05) is 30.3 Å². The zero-order valence-electron chi connectivity index (χ0n) is 14.7. The highest BCUT2D eigenvalue weighted by molar-refractivity contribution is 5.94. The largest absolute Gasteiger partial charge is 0.349 e. The van der Waals surface area contributed by atoms with Crippen molar-refractivity contribution in [3.8, 4) is 0 Å². The molecule has 1 fully saturated rings. The number of aryl methyl sites for hydroxylation is 1. The summed E-state index contributed by atoms with van der Waals surface area (Å²) in [5.74, 6) is -0.214. The molecule has 3 rings (SSSR count). The fourth-order valence-electron chi connectivity index (χ4n) is 3.19. The van der Waals surface area contributed by atoms with Crippen LogP contribution in [-0.4, -0.2) is 35.8 Å². The number of likely N-dealkylation sites (tertiary alicyclic amines) is 1. The Morgan fingerprint density at radius 2 is 1.65 bits per heavy atom. The highest BCUT2D eigenvalue weighted by atomic mass is 19.1. The van der Waals surface area contributed by atoms with E-state index in [1.165, 1.54) is 12.1 Å². The Morgan fingerprint density at radius 3 is 2.31 bits per heavy atom. The molecule has 136 valence electrons. The lowest BCUT2D eigenvalue weighted by Gasteiger charge is -2.32. The normalized spacial score (nSPS) is 14.9. The Labute approximate surface area is 153 Å². The molecule has 1 N–H and O–H groups in total. The molecule has 1 aliphatic rings. The van der Waals surface area contributed by atoms with Crippen LogP contribution in [0, 0.1) is 5.82 Å². The maximum atomic E-state index is 12.9. The van der Waals surface area contributed by atoms with Crippen LogP contribution < -0.4 is 5.32 Å². The number of halogens is 1. The molecule has 2 amide bonds. The minimum Gasteiger partial charge on any atom is -0.349 e. The first kappa shape index (κ1) is 18.1. The molecule has 2 aromatic carbocycles. The van der Waals surface area contributed by atoms with E-state index in [4.69, 9.17) is 0 Å². The molecule has 0 atom stereocenters. The quantitative estimate of drug-likeness (QED) is 0.897. The van der Waals surface area contributed by atoms with E-state index in [9.17, 15) is 14.0 Å². The van der Waals surface area contributed by atoms with Gasteiger partial charge >= 0.3 is 0 Å². The van der Waals surface area contributed by atoms with Crippen LogP contribution in [0.3, 0.4) is 0 Å². The van der Waals surface area contributed by atoms with Crippen molar-refractivity contribution >= 4 is 11.8 Å². The molecule has 0 aliphatic carbocycles. The third kappa shape index (κ3) is 4.91. The van der Waals surface area contributed by atoms with Crippen LogP contribution in [0.5, 0.6) is 0 Å². The number of amides is 2. The van der Waals surface area contributed by atoms with E-state index in [0.29, 0.717) is 31.5 Å². The monoisotopic (exact) mass is 354 g/mol. The molecule has 26 heavy (non-hydrogen) atoms. The third-order valence-electron chi connectivity index (χ3n) is 4.76. The van der Waals surface area contributed by atoms with Gasteiger partial charge in [-0.25, -0.2) is 4.39 Å². The van der Waals surface area contributed by atoms with Crippen molar-refractivity contribution in [1.29, 1.82) is 0 Å². The van der Waals surface area contributed by atoms with E-state index in [2.05, 4.69) is 5.32 Å². The van der Waals surface area contributed by atoms with Gasteiger partial charge in [0.1, 0.15) is 5.82 Å². The fraction of sp³-hybridized carbons (Fsp3) is 0.333. The zero-order chi connectivity index (χ0) is 18.4. The summed E-state index contributed by atoms with van der Waals surface area (Å²) < 4.78 is 12.9. The molecule has 0 aromatic heterocycles. The fourth-order valence-corrected chi connectivity index (χ4v) is 3.19. The van der Waals surface area contributed by atoms with Gasteiger partial charge in [0, 0.05) is 31.1 Å². The number of benzene rings is 2. The van der Waals surface area contributed by atoms with Crippen molar-refractivity contribution in [3.05, 3.63) is 71.5 Å². The molecular weight excluding hydrogens is 331 g/mol. The minimum atomic E-state index is -0.264. The van der Waals surface area contributed by atoms with Crippen molar-refractivity contribution < 1.29 is 14.0 Å². The van der Waals surface area contributed by atoms with Gasteiger partial charge in [-0.05, 0) is 49.1 Å². The van der Waals surface area contributed by atoms with E-state index < -0.39 is 0 Å². The summed E-state index contributed by atoms with van der Waals surface area (Å²) in [7, 11) is 0. The Hall–Kier alpha value is -2.69. The smallest absolute Gasteiger partial charge is 0.251 e. The topological polar surface area (TPSA) is 49.4 Å². The molecule has 0 spiro atoms. The minimum absolute atomic E-state index is 0.0633. The van der Waals surface area contributed by atoms with E-state index in [-0.39, 0.29) is 23.7 Å². The SMILES string of the molecule is O=C(NC1CCN(C(=O)CCc2ccc(F)cc2)CC1)c1ccccc1. The molecule has 0 saturated carbocycles. The number of hydrogen-bond acceptors (Lipinski definition) is 2. The van der Waals surface area contributed by atoms with Crippen LogP contribution >= 0.6 is 0 Å². The second-order valence-corrected chi connectivity index (χ2v) is 6.62. The van der Waals surface area contributed by atoms with Crippen molar-refractivity contribution in [2.75, 3.05) is 13.1 Å². The molecule has 0 unspecified atom stereocenters. The second kappa shape index (κ2) is 8.61. The van der Waals surface area contributed by atoms with Crippen molar-refractivity contribution in [2.24, 2.45) is 0 Å². The van der Waals surface area contributed by atoms with E-state index >= 15 is 0 Å². The standard InChI is InChI=1S/C21H23FN2O2/c22-18-9-6-16(7-10-18)8-11-20(25)24-14-12-19(13-15-24)23-21(26)17-4-2-1-3-5-17/h1-7,9-10,19H,8,11-15H2,(H,23,26). The van der Waals surface area contributed by atoms with Crippen LogP contribution in [0.15, 0.2) is 54.6 Å². The number of hydrogen-bond donors (Lipinski definition) is 1. The molecule has 1 aliphatic heterocycles. The molecule has 1 saturated heterocycles. The average Bonchev–Trinajstić information content (AvgIpc) is 2.68. The molecule has 0 bridgehead atoms. The van der Waals surface area contributed by atoms with Gasteiger partial charge in [0.15, 0.2) is 0 Å². The summed E-state index contributed by atoms with van der Waals surface area (Å²) in [6.07, 6.45) is 2.57. The van der Waals surface area contributed by atoms with Gasteiger partial charge in [0.25, 0.3) is 5.91 Å². The van der Waals surface area contributed by atoms with Gasteiger partial charge in [-0.15, -0.1) is 0 Å². The number of carbonyl (C=O) groups is 2. The summed E-state index contributed by atoms with van der Waals surface area (Å²) in [5, 5.41) is 3.05. The summed E-state index contributed by atoms with van der Waals surface area (Å²) in [6, 6.07) is 15.5. The first-order valence-electron chi connectivity index (χ1n) is 9.00. The van der Waals surface area contributed by atoms with Crippen LogP contribution in [-0.2, 0) is 11.2 Å². The van der Waals surface area contributed by atoms with Crippen LogP contribution in [0.1, 0.15) is 35.2 Å². The lowest BCUT2D eigenvalue weighted by molar-refractivity contribution is -0.132. The Morgan fingerprint density at radius 1 is 1.00 bits per heavy atom. The zero-order valence-corrected chi connectivity index (χ0v) is 14.7. The van der Waals surface area contributed by atoms with Crippen LogP contribution in [0.4, 0.5) is 4.39 Å². The maximum absolute atomic E-state index is 12.9. The first-order valence-corrected chi connectivity index (χ1v) is 9.00. The van der Waals surface area contributed by atoms with Crippen LogP contribution in [0.25, 0.3) is 0 Å².